The van der Waals surface area contributed by atoms with E-state index in [1.54, 1.807) is 24.5 Å². The third-order valence-electron chi connectivity index (χ3n) is 6.90. The smallest absolute Gasteiger partial charge is 0.270 e. The molecule has 3 N–H and O–H groups in total. The summed E-state index contributed by atoms with van der Waals surface area (Å²) < 4.78 is 0. The second kappa shape index (κ2) is 13.5. The van der Waals surface area contributed by atoms with E-state index >= 15 is 0 Å². The molecule has 1 aromatic heterocycles. The van der Waals surface area contributed by atoms with Crippen molar-refractivity contribution < 1.29 is 14.4 Å². The summed E-state index contributed by atoms with van der Waals surface area (Å²) in [6, 6.07) is 14.0. The molecule has 11 heteroatoms. The van der Waals surface area contributed by atoms with Crippen molar-refractivity contribution in [2.75, 3.05) is 51.7 Å². The molecule has 0 spiro atoms. The van der Waals surface area contributed by atoms with Gasteiger partial charge in [0.2, 0.25) is 5.91 Å². The van der Waals surface area contributed by atoms with E-state index in [0.717, 1.165) is 23.4 Å². The fourth-order valence-electron chi connectivity index (χ4n) is 4.60. The van der Waals surface area contributed by atoms with Crippen molar-refractivity contribution in [3.05, 3.63) is 70.2 Å². The minimum Gasteiger partial charge on any atom is -0.354 e. The van der Waals surface area contributed by atoms with Gasteiger partial charge in [0.1, 0.15) is 10.7 Å². The third-order valence-corrected chi connectivity index (χ3v) is 7.80. The Kier molecular flexibility index (Phi) is 9.86. The second-order valence-electron chi connectivity index (χ2n) is 9.69. The number of hydrazine groups is 1. The fraction of sp³-hybridized carbons (Fsp3) is 0.379. The van der Waals surface area contributed by atoms with Crippen LogP contribution in [0.15, 0.2) is 47.8 Å². The Bertz CT molecular complexity index is 1330. The fourth-order valence-corrected chi connectivity index (χ4v) is 5.39. The quantitative estimate of drug-likeness (QED) is 0.290. The first-order valence-electron chi connectivity index (χ1n) is 13.4. The summed E-state index contributed by atoms with van der Waals surface area (Å²) in [5.74, 6) is -0.527. The number of aromatic nitrogens is 1. The van der Waals surface area contributed by atoms with Gasteiger partial charge in [-0.05, 0) is 36.2 Å². The maximum atomic E-state index is 13.6. The average Bonchev–Trinajstić information content (AvgIpc) is 3.62. The standard InChI is InChI=1S/C29H37N7O3S/c1-5-31-12-13-32-26(37)17-35(18-27(38)34(4)36-15-22-8-6-7-9-23(22)16-36)25-14-21(11-10-20(25)2)29-33-24(19-40-29)28(39)30-3/h6-11,14,19,31H,5,12-13,15-18H2,1-4H3,(H,30,39)(H,32,37). The molecule has 1 aliphatic rings. The molecule has 10 nitrogen and oxygen atoms in total. The van der Waals surface area contributed by atoms with Crippen LogP contribution in [0.2, 0.25) is 0 Å². The van der Waals surface area contributed by atoms with Crippen molar-refractivity contribution in [3.63, 3.8) is 0 Å². The zero-order chi connectivity index (χ0) is 28.6. The molecule has 0 fully saturated rings. The Morgan fingerprint density at radius 3 is 2.45 bits per heavy atom. The number of benzene rings is 2. The highest BCUT2D eigenvalue weighted by Crippen LogP contribution is 2.30. The molecule has 2 heterocycles. The lowest BCUT2D eigenvalue weighted by Crippen LogP contribution is -2.48. The number of anilines is 1. The highest BCUT2D eigenvalue weighted by molar-refractivity contribution is 7.13. The molecule has 212 valence electrons. The molecule has 3 amide bonds. The summed E-state index contributed by atoms with van der Waals surface area (Å²) in [7, 11) is 3.35. The summed E-state index contributed by atoms with van der Waals surface area (Å²) in [6.45, 7) is 7.34. The predicted molar refractivity (Wildman–Crippen MR) is 158 cm³/mol. The first-order valence-corrected chi connectivity index (χ1v) is 14.3. The molecular formula is C29H37N7O3S. The summed E-state index contributed by atoms with van der Waals surface area (Å²) in [5.41, 5.74) is 5.28. The molecule has 1 aliphatic heterocycles. The van der Waals surface area contributed by atoms with E-state index in [9.17, 15) is 14.4 Å². The number of likely N-dealkylation sites (N-methyl/N-ethyl adjacent to an activating group) is 2. The number of aryl methyl sites for hydroxylation is 1. The molecule has 0 aliphatic carbocycles. The van der Waals surface area contributed by atoms with Crippen LogP contribution in [0.4, 0.5) is 5.69 Å². The van der Waals surface area contributed by atoms with Gasteiger partial charge in [-0.2, -0.15) is 0 Å². The van der Waals surface area contributed by atoms with Crippen LogP contribution < -0.4 is 20.9 Å². The maximum absolute atomic E-state index is 13.6. The predicted octanol–water partition coefficient (Wildman–Crippen LogP) is 2.40. The molecule has 0 saturated carbocycles. The number of fused-ring (bicyclic) bond motifs is 1. The van der Waals surface area contributed by atoms with Gasteiger partial charge in [-0.25, -0.2) is 9.99 Å². The van der Waals surface area contributed by atoms with Crippen LogP contribution in [-0.2, 0) is 22.7 Å². The summed E-state index contributed by atoms with van der Waals surface area (Å²) in [6.07, 6.45) is 0. The van der Waals surface area contributed by atoms with Gasteiger partial charge in [0, 0.05) is 56.9 Å². The van der Waals surface area contributed by atoms with Crippen LogP contribution in [0.25, 0.3) is 10.6 Å². The van der Waals surface area contributed by atoms with E-state index in [-0.39, 0.29) is 30.8 Å². The second-order valence-corrected chi connectivity index (χ2v) is 10.5. The zero-order valence-corrected chi connectivity index (χ0v) is 24.3. The highest BCUT2D eigenvalue weighted by atomic mass is 32.1. The first kappa shape index (κ1) is 29.2. The Morgan fingerprint density at radius 2 is 1.77 bits per heavy atom. The van der Waals surface area contributed by atoms with Gasteiger partial charge in [-0.1, -0.05) is 43.3 Å². The van der Waals surface area contributed by atoms with Gasteiger partial charge in [-0.15, -0.1) is 11.3 Å². The Balaban J connectivity index is 1.55. The molecule has 4 rings (SSSR count). The van der Waals surface area contributed by atoms with E-state index in [4.69, 9.17) is 0 Å². The number of amides is 3. The van der Waals surface area contributed by atoms with E-state index in [2.05, 4.69) is 33.1 Å². The van der Waals surface area contributed by atoms with E-state index < -0.39 is 0 Å². The van der Waals surface area contributed by atoms with Crippen LogP contribution in [0.5, 0.6) is 0 Å². The van der Waals surface area contributed by atoms with Crippen LogP contribution in [0, 0.1) is 6.92 Å². The Labute approximate surface area is 239 Å². The lowest BCUT2D eigenvalue weighted by Gasteiger charge is -2.32. The average molecular weight is 564 g/mol. The normalized spacial score (nSPS) is 12.6. The largest absolute Gasteiger partial charge is 0.354 e. The monoisotopic (exact) mass is 563 g/mol. The van der Waals surface area contributed by atoms with E-state index in [1.165, 1.54) is 22.5 Å². The molecule has 3 aromatic rings. The first-order chi connectivity index (χ1) is 19.3. The minimum absolute atomic E-state index is 0.0234. The van der Waals surface area contributed by atoms with Crippen LogP contribution in [0.3, 0.4) is 0 Å². The number of rotatable bonds is 12. The summed E-state index contributed by atoms with van der Waals surface area (Å²) in [5, 5.41) is 14.8. The number of hydrogen-bond donors (Lipinski definition) is 3. The topological polar surface area (TPSA) is 110 Å². The van der Waals surface area contributed by atoms with E-state index in [0.29, 0.717) is 36.9 Å². The van der Waals surface area contributed by atoms with Crippen molar-refractivity contribution >= 4 is 34.7 Å². The summed E-state index contributed by atoms with van der Waals surface area (Å²) in [4.78, 5) is 44.9. The Hall–Kier alpha value is -3.80. The van der Waals surface area contributed by atoms with Crippen molar-refractivity contribution in [2.45, 2.75) is 26.9 Å². The van der Waals surface area contributed by atoms with Crippen LogP contribution in [0.1, 0.15) is 34.1 Å². The Morgan fingerprint density at radius 1 is 1.05 bits per heavy atom. The molecule has 0 radical (unpaired) electrons. The summed E-state index contributed by atoms with van der Waals surface area (Å²) >= 11 is 1.37. The van der Waals surface area contributed by atoms with Crippen molar-refractivity contribution in [1.82, 2.24) is 31.0 Å². The van der Waals surface area contributed by atoms with Crippen LogP contribution >= 0.6 is 11.3 Å². The molecule has 0 atom stereocenters. The van der Waals surface area contributed by atoms with Gasteiger partial charge in [0.15, 0.2) is 0 Å². The van der Waals surface area contributed by atoms with Crippen LogP contribution in [-0.4, -0.2) is 79.5 Å². The molecule has 40 heavy (non-hydrogen) atoms. The third kappa shape index (κ3) is 7.04. The van der Waals surface area contributed by atoms with Gasteiger partial charge < -0.3 is 20.9 Å². The van der Waals surface area contributed by atoms with Gasteiger partial charge in [0.05, 0.1) is 13.1 Å². The van der Waals surface area contributed by atoms with Crippen molar-refractivity contribution in [3.8, 4) is 10.6 Å². The zero-order valence-electron chi connectivity index (χ0n) is 23.5. The van der Waals surface area contributed by atoms with Crippen molar-refractivity contribution in [2.24, 2.45) is 0 Å². The number of carbonyl (C=O) groups is 3. The SMILES string of the molecule is CCNCCNC(=O)CN(CC(=O)N(C)N1Cc2ccccc2C1)c1cc(-c2nc(C(=O)NC)cs2)ccc1C. The lowest BCUT2D eigenvalue weighted by atomic mass is 10.1. The highest BCUT2D eigenvalue weighted by Gasteiger charge is 2.27. The van der Waals surface area contributed by atoms with Crippen molar-refractivity contribution in [1.29, 1.82) is 0 Å². The maximum Gasteiger partial charge on any atom is 0.270 e. The lowest BCUT2D eigenvalue weighted by molar-refractivity contribution is -0.145. The number of thiazole rings is 1. The molecule has 0 bridgehead atoms. The molecular weight excluding hydrogens is 526 g/mol. The molecule has 0 unspecified atom stereocenters. The van der Waals surface area contributed by atoms with Gasteiger partial charge in [-0.3, -0.25) is 19.4 Å². The van der Waals surface area contributed by atoms with Gasteiger partial charge in [0.25, 0.3) is 11.8 Å². The number of hydrogen-bond acceptors (Lipinski definition) is 8. The minimum atomic E-state index is -0.247. The molecule has 0 saturated heterocycles. The number of nitrogens with zero attached hydrogens (tertiary/aromatic N) is 4. The van der Waals surface area contributed by atoms with E-state index in [1.807, 2.05) is 54.1 Å². The number of nitrogens with one attached hydrogen (secondary N) is 3. The van der Waals surface area contributed by atoms with Gasteiger partial charge >= 0.3 is 0 Å². The molecule has 2 aromatic carbocycles. The number of carbonyl (C=O) groups excluding carboxylic acids is 3.